The van der Waals surface area contributed by atoms with Crippen LogP contribution in [0.25, 0.3) is 10.2 Å². The average molecular weight is 470 g/mol. The van der Waals surface area contributed by atoms with Gasteiger partial charge >= 0.3 is 6.18 Å². The number of nitrogens with one attached hydrogen (secondary N) is 1. The standard InChI is InChI=1S/C21H22F3N3O2S2/c1-10(2)16(17(28)25-14-9-7-6-8-13(14)21(22,23)24)31-20-26-18-15(19(29)27(20)5)11(3)12(4)30-18/h6-10,16H,1-5H3,(H,25,28). The number of halogens is 3. The maximum absolute atomic E-state index is 13.3. The largest absolute Gasteiger partial charge is 0.418 e. The van der Waals surface area contributed by atoms with E-state index in [0.717, 1.165) is 28.3 Å². The number of hydrogen-bond acceptors (Lipinski definition) is 5. The summed E-state index contributed by atoms with van der Waals surface area (Å²) >= 11 is 2.48. The van der Waals surface area contributed by atoms with E-state index in [2.05, 4.69) is 10.3 Å². The van der Waals surface area contributed by atoms with Crippen molar-refractivity contribution in [2.24, 2.45) is 13.0 Å². The van der Waals surface area contributed by atoms with Crippen LogP contribution < -0.4 is 10.9 Å². The zero-order valence-corrected chi connectivity index (χ0v) is 19.3. The Morgan fingerprint density at radius 3 is 2.48 bits per heavy atom. The molecule has 3 aromatic rings. The summed E-state index contributed by atoms with van der Waals surface area (Å²) in [5.74, 6) is -0.799. The van der Waals surface area contributed by atoms with Gasteiger partial charge in [0.1, 0.15) is 4.83 Å². The molecule has 1 unspecified atom stereocenters. The Kier molecular flexibility index (Phi) is 6.52. The number of alkyl halides is 3. The van der Waals surface area contributed by atoms with Gasteiger partial charge in [-0.3, -0.25) is 14.2 Å². The molecule has 166 valence electrons. The highest BCUT2D eigenvalue weighted by atomic mass is 32.2. The van der Waals surface area contributed by atoms with Gasteiger partial charge in [0, 0.05) is 11.9 Å². The van der Waals surface area contributed by atoms with Crippen molar-refractivity contribution in [2.45, 2.75) is 44.3 Å². The van der Waals surface area contributed by atoms with Gasteiger partial charge in [-0.05, 0) is 37.5 Å². The number of nitrogens with zero attached hydrogens (tertiary/aromatic N) is 2. The number of anilines is 1. The highest BCUT2D eigenvalue weighted by molar-refractivity contribution is 8.00. The van der Waals surface area contributed by atoms with E-state index in [0.29, 0.717) is 15.4 Å². The molecule has 1 N–H and O–H groups in total. The molecule has 2 aromatic heterocycles. The van der Waals surface area contributed by atoms with E-state index in [4.69, 9.17) is 0 Å². The fourth-order valence-electron chi connectivity index (χ4n) is 3.11. The van der Waals surface area contributed by atoms with Crippen LogP contribution >= 0.6 is 23.1 Å². The molecule has 1 atom stereocenters. The van der Waals surface area contributed by atoms with Gasteiger partial charge in [0.25, 0.3) is 5.56 Å². The summed E-state index contributed by atoms with van der Waals surface area (Å²) in [4.78, 5) is 31.9. The molecule has 0 aliphatic rings. The third-order valence-corrected chi connectivity index (χ3v) is 7.65. The number of rotatable bonds is 5. The van der Waals surface area contributed by atoms with E-state index in [1.807, 2.05) is 13.8 Å². The summed E-state index contributed by atoms with van der Waals surface area (Å²) < 4.78 is 41.2. The summed E-state index contributed by atoms with van der Waals surface area (Å²) in [6, 6.07) is 4.85. The van der Waals surface area contributed by atoms with Gasteiger partial charge in [0.2, 0.25) is 5.91 Å². The lowest BCUT2D eigenvalue weighted by Gasteiger charge is -2.21. The summed E-state index contributed by atoms with van der Waals surface area (Å²) in [5, 5.41) is 2.56. The van der Waals surface area contributed by atoms with Gasteiger partial charge < -0.3 is 5.32 Å². The first-order valence-corrected chi connectivity index (χ1v) is 11.2. The second-order valence-electron chi connectivity index (χ2n) is 7.54. The number of para-hydroxylation sites is 1. The quantitative estimate of drug-likeness (QED) is 0.402. The number of thioether (sulfide) groups is 1. The Labute approximate surface area is 185 Å². The molecule has 5 nitrogen and oxygen atoms in total. The Morgan fingerprint density at radius 1 is 1.23 bits per heavy atom. The SMILES string of the molecule is Cc1sc2nc(SC(C(=O)Nc3ccccc3C(F)(F)F)C(C)C)n(C)c(=O)c2c1C. The van der Waals surface area contributed by atoms with Gasteiger partial charge in [-0.1, -0.05) is 37.7 Å². The van der Waals surface area contributed by atoms with Gasteiger partial charge in [-0.15, -0.1) is 11.3 Å². The molecule has 0 bridgehead atoms. The maximum atomic E-state index is 13.3. The van der Waals surface area contributed by atoms with Crippen LogP contribution in [-0.2, 0) is 18.0 Å². The highest BCUT2D eigenvalue weighted by Gasteiger charge is 2.35. The van der Waals surface area contributed by atoms with E-state index < -0.39 is 22.9 Å². The number of thiophene rings is 1. The number of hydrogen-bond donors (Lipinski definition) is 1. The van der Waals surface area contributed by atoms with Gasteiger partial charge in [-0.25, -0.2) is 4.98 Å². The minimum Gasteiger partial charge on any atom is -0.325 e. The summed E-state index contributed by atoms with van der Waals surface area (Å²) in [5.41, 5.74) is -0.536. The number of aryl methyl sites for hydroxylation is 2. The van der Waals surface area contributed by atoms with Gasteiger partial charge in [0.05, 0.1) is 21.9 Å². The number of fused-ring (bicyclic) bond motifs is 1. The number of carbonyl (C=O) groups is 1. The number of carbonyl (C=O) groups excluding carboxylic acids is 1. The number of aromatic nitrogens is 2. The first-order chi connectivity index (χ1) is 14.4. The fourth-order valence-corrected chi connectivity index (χ4v) is 5.24. The van der Waals surface area contributed by atoms with Gasteiger partial charge in [0.15, 0.2) is 5.16 Å². The van der Waals surface area contributed by atoms with Crippen molar-refractivity contribution in [1.82, 2.24) is 9.55 Å². The molecular weight excluding hydrogens is 447 g/mol. The molecule has 0 radical (unpaired) electrons. The molecule has 3 rings (SSSR count). The van der Waals surface area contributed by atoms with Gasteiger partial charge in [-0.2, -0.15) is 13.2 Å². The monoisotopic (exact) mass is 469 g/mol. The second-order valence-corrected chi connectivity index (χ2v) is 9.85. The number of amides is 1. The molecule has 10 heteroatoms. The lowest BCUT2D eigenvalue weighted by Crippen LogP contribution is -2.31. The molecule has 0 aliphatic heterocycles. The molecular formula is C21H22F3N3O2S2. The van der Waals surface area contributed by atoms with E-state index in [1.165, 1.54) is 34.1 Å². The van der Waals surface area contributed by atoms with E-state index >= 15 is 0 Å². The van der Waals surface area contributed by atoms with Crippen molar-refractivity contribution >= 4 is 44.9 Å². The van der Waals surface area contributed by atoms with Crippen LogP contribution in [0, 0.1) is 19.8 Å². The van der Waals surface area contributed by atoms with Crippen LogP contribution in [0.1, 0.15) is 29.9 Å². The minimum atomic E-state index is -4.59. The van der Waals surface area contributed by atoms with E-state index in [9.17, 15) is 22.8 Å². The van der Waals surface area contributed by atoms with Crippen LogP contribution in [0.3, 0.4) is 0 Å². The Balaban J connectivity index is 1.95. The fraction of sp³-hybridized carbons (Fsp3) is 0.381. The predicted octanol–water partition coefficient (Wildman–Crippen LogP) is 5.39. The molecule has 2 heterocycles. The van der Waals surface area contributed by atoms with Crippen molar-refractivity contribution in [3.63, 3.8) is 0 Å². The van der Waals surface area contributed by atoms with Crippen molar-refractivity contribution in [3.8, 4) is 0 Å². The van der Waals surface area contributed by atoms with E-state index in [1.54, 1.807) is 20.9 Å². The van der Waals surface area contributed by atoms with Crippen LogP contribution in [0.5, 0.6) is 0 Å². The Hall–Kier alpha value is -2.33. The molecule has 0 saturated carbocycles. The smallest absolute Gasteiger partial charge is 0.325 e. The van der Waals surface area contributed by atoms with Crippen molar-refractivity contribution in [1.29, 1.82) is 0 Å². The Morgan fingerprint density at radius 2 is 1.87 bits per heavy atom. The second kappa shape index (κ2) is 8.66. The van der Waals surface area contributed by atoms with E-state index in [-0.39, 0.29) is 17.2 Å². The topological polar surface area (TPSA) is 64.0 Å². The van der Waals surface area contributed by atoms with Crippen LogP contribution in [0.15, 0.2) is 34.2 Å². The zero-order chi connectivity index (χ0) is 23.1. The summed E-state index contributed by atoms with van der Waals surface area (Å²) in [7, 11) is 1.58. The molecule has 1 aromatic carbocycles. The minimum absolute atomic E-state index is 0.209. The predicted molar refractivity (Wildman–Crippen MR) is 119 cm³/mol. The highest BCUT2D eigenvalue weighted by Crippen LogP contribution is 2.36. The first-order valence-electron chi connectivity index (χ1n) is 9.52. The molecule has 31 heavy (non-hydrogen) atoms. The lowest BCUT2D eigenvalue weighted by molar-refractivity contribution is -0.137. The van der Waals surface area contributed by atoms with Crippen LogP contribution in [-0.4, -0.2) is 20.7 Å². The maximum Gasteiger partial charge on any atom is 0.418 e. The lowest BCUT2D eigenvalue weighted by atomic mass is 10.1. The first kappa shape index (κ1) is 23.3. The molecule has 0 spiro atoms. The Bertz CT molecular complexity index is 1200. The van der Waals surface area contributed by atoms with Crippen molar-refractivity contribution in [2.75, 3.05) is 5.32 Å². The normalized spacial score (nSPS) is 13.1. The van der Waals surface area contributed by atoms with Crippen LogP contribution in [0.2, 0.25) is 0 Å². The third-order valence-electron chi connectivity index (χ3n) is 4.96. The zero-order valence-electron chi connectivity index (χ0n) is 17.6. The number of benzene rings is 1. The summed E-state index contributed by atoms with van der Waals surface area (Å²) in [6.07, 6.45) is -4.59. The van der Waals surface area contributed by atoms with Crippen molar-refractivity contribution < 1.29 is 18.0 Å². The molecule has 0 saturated heterocycles. The average Bonchev–Trinajstić information content (AvgIpc) is 2.96. The molecule has 1 amide bonds. The van der Waals surface area contributed by atoms with Crippen molar-refractivity contribution in [3.05, 3.63) is 50.6 Å². The molecule has 0 fully saturated rings. The third kappa shape index (κ3) is 4.64. The summed E-state index contributed by atoms with van der Waals surface area (Å²) in [6.45, 7) is 7.37. The van der Waals surface area contributed by atoms with Crippen LogP contribution in [0.4, 0.5) is 18.9 Å². The molecule has 0 aliphatic carbocycles.